The van der Waals surface area contributed by atoms with Crippen molar-refractivity contribution in [3.63, 3.8) is 0 Å². The predicted octanol–water partition coefficient (Wildman–Crippen LogP) is -0.301. The van der Waals surface area contributed by atoms with Crippen LogP contribution in [0.15, 0.2) is 0 Å². The van der Waals surface area contributed by atoms with E-state index in [-0.39, 0.29) is 35.9 Å². The van der Waals surface area contributed by atoms with Crippen molar-refractivity contribution in [3.05, 3.63) is 0 Å². The highest BCUT2D eigenvalue weighted by Crippen LogP contribution is 2.39. The van der Waals surface area contributed by atoms with Crippen LogP contribution in [0, 0.1) is 11.8 Å². The Bertz CT molecular complexity index is 263. The SMILES string of the molecule is COC(=O)[C@@H]1[C@@H](C(=O)OC)[C@H]2CC[C@@H]1N2. The highest BCUT2D eigenvalue weighted by molar-refractivity contribution is 5.84. The minimum Gasteiger partial charge on any atom is -0.469 e. The third-order valence-electron chi connectivity index (χ3n) is 3.42. The van der Waals surface area contributed by atoms with Crippen LogP contribution in [0.5, 0.6) is 0 Å². The molecule has 5 nitrogen and oxygen atoms in total. The van der Waals surface area contributed by atoms with Gasteiger partial charge in [-0.3, -0.25) is 9.59 Å². The summed E-state index contributed by atoms with van der Waals surface area (Å²) in [7, 11) is 2.70. The van der Waals surface area contributed by atoms with E-state index in [1.807, 2.05) is 0 Å². The van der Waals surface area contributed by atoms with Crippen LogP contribution in [0.1, 0.15) is 12.8 Å². The van der Waals surface area contributed by atoms with Gasteiger partial charge in [0.25, 0.3) is 0 Å². The molecule has 0 aromatic carbocycles. The topological polar surface area (TPSA) is 64.6 Å². The molecular formula is C10H15NO4. The Labute approximate surface area is 88.1 Å². The first kappa shape index (κ1) is 10.4. The molecule has 0 aromatic rings. The number of carbonyl (C=O) groups excluding carboxylic acids is 2. The molecule has 0 radical (unpaired) electrons. The van der Waals surface area contributed by atoms with E-state index in [0.717, 1.165) is 12.8 Å². The number of hydrogen-bond acceptors (Lipinski definition) is 5. The number of fused-ring (bicyclic) bond motifs is 2. The van der Waals surface area contributed by atoms with Crippen molar-refractivity contribution >= 4 is 11.9 Å². The van der Waals surface area contributed by atoms with Gasteiger partial charge >= 0.3 is 11.9 Å². The second-order valence-corrected chi connectivity index (χ2v) is 4.05. The maximum Gasteiger partial charge on any atom is 0.311 e. The highest BCUT2D eigenvalue weighted by Gasteiger charge is 2.54. The van der Waals surface area contributed by atoms with Crippen LogP contribution in [0.2, 0.25) is 0 Å². The van der Waals surface area contributed by atoms with Gasteiger partial charge in [-0.2, -0.15) is 0 Å². The van der Waals surface area contributed by atoms with Gasteiger partial charge in [0, 0.05) is 12.1 Å². The molecule has 84 valence electrons. The third kappa shape index (κ3) is 1.51. The van der Waals surface area contributed by atoms with E-state index in [9.17, 15) is 9.59 Å². The maximum absolute atomic E-state index is 11.6. The van der Waals surface area contributed by atoms with Crippen LogP contribution in [0.4, 0.5) is 0 Å². The van der Waals surface area contributed by atoms with Crippen LogP contribution in [0.3, 0.4) is 0 Å². The van der Waals surface area contributed by atoms with E-state index in [4.69, 9.17) is 9.47 Å². The summed E-state index contributed by atoms with van der Waals surface area (Å²) in [6.07, 6.45) is 1.86. The Hall–Kier alpha value is -1.10. The molecule has 0 saturated carbocycles. The monoisotopic (exact) mass is 213 g/mol. The Morgan fingerprint density at radius 2 is 1.40 bits per heavy atom. The number of hydrogen-bond donors (Lipinski definition) is 1. The fraction of sp³-hybridized carbons (Fsp3) is 0.800. The Kier molecular flexibility index (Phi) is 2.65. The molecule has 2 saturated heterocycles. The molecule has 2 heterocycles. The molecule has 5 heteroatoms. The van der Waals surface area contributed by atoms with Gasteiger partial charge in [0.05, 0.1) is 26.1 Å². The van der Waals surface area contributed by atoms with E-state index in [0.29, 0.717) is 0 Å². The predicted molar refractivity (Wildman–Crippen MR) is 51.0 cm³/mol. The molecule has 15 heavy (non-hydrogen) atoms. The lowest BCUT2D eigenvalue weighted by molar-refractivity contribution is -0.157. The second kappa shape index (κ2) is 3.81. The molecule has 0 amide bonds. The van der Waals surface area contributed by atoms with Gasteiger partial charge in [-0.1, -0.05) is 0 Å². The second-order valence-electron chi connectivity index (χ2n) is 4.05. The summed E-state index contributed by atoms with van der Waals surface area (Å²) in [5, 5.41) is 3.26. The van der Waals surface area contributed by atoms with Gasteiger partial charge in [0.2, 0.25) is 0 Å². The Morgan fingerprint density at radius 3 is 1.73 bits per heavy atom. The molecular weight excluding hydrogens is 198 g/mol. The van der Waals surface area contributed by atoms with E-state index >= 15 is 0 Å². The molecule has 4 atom stereocenters. The molecule has 2 bridgehead atoms. The summed E-state index contributed by atoms with van der Waals surface area (Å²) < 4.78 is 9.45. The lowest BCUT2D eigenvalue weighted by Crippen LogP contribution is -2.39. The molecule has 2 rings (SSSR count). The fourth-order valence-corrected chi connectivity index (χ4v) is 2.76. The summed E-state index contributed by atoms with van der Waals surface area (Å²) in [6.45, 7) is 0. The normalized spacial score (nSPS) is 37.7. The van der Waals surface area contributed by atoms with Crippen LogP contribution in [-0.2, 0) is 19.1 Å². The van der Waals surface area contributed by atoms with Crippen LogP contribution in [-0.4, -0.2) is 38.2 Å². The molecule has 0 aromatic heterocycles. The zero-order valence-electron chi connectivity index (χ0n) is 8.86. The van der Waals surface area contributed by atoms with Crippen molar-refractivity contribution in [1.29, 1.82) is 0 Å². The average molecular weight is 213 g/mol. The van der Waals surface area contributed by atoms with E-state index in [1.165, 1.54) is 14.2 Å². The van der Waals surface area contributed by atoms with Gasteiger partial charge in [-0.05, 0) is 12.8 Å². The average Bonchev–Trinajstić information content (AvgIpc) is 2.86. The van der Waals surface area contributed by atoms with Gasteiger partial charge in [0.1, 0.15) is 0 Å². The van der Waals surface area contributed by atoms with Gasteiger partial charge in [-0.15, -0.1) is 0 Å². The summed E-state index contributed by atoms with van der Waals surface area (Å²) in [6, 6.07) is 0.151. The van der Waals surface area contributed by atoms with Crippen LogP contribution < -0.4 is 5.32 Å². The number of nitrogens with one attached hydrogen (secondary N) is 1. The molecule has 0 unspecified atom stereocenters. The van der Waals surface area contributed by atoms with Crippen LogP contribution in [0.25, 0.3) is 0 Å². The molecule has 2 aliphatic heterocycles. The smallest absolute Gasteiger partial charge is 0.311 e. The van der Waals surface area contributed by atoms with Gasteiger partial charge in [0.15, 0.2) is 0 Å². The van der Waals surface area contributed by atoms with Crippen molar-refractivity contribution in [2.45, 2.75) is 24.9 Å². The number of carbonyl (C=O) groups is 2. The molecule has 0 aliphatic carbocycles. The summed E-state index contributed by atoms with van der Waals surface area (Å²) in [5.41, 5.74) is 0. The summed E-state index contributed by atoms with van der Waals surface area (Å²) in [5.74, 6) is -1.38. The summed E-state index contributed by atoms with van der Waals surface area (Å²) in [4.78, 5) is 23.1. The number of rotatable bonds is 2. The summed E-state index contributed by atoms with van der Waals surface area (Å²) >= 11 is 0. The molecule has 2 aliphatic rings. The van der Waals surface area contributed by atoms with Crippen molar-refractivity contribution in [2.75, 3.05) is 14.2 Å². The first-order valence-corrected chi connectivity index (χ1v) is 5.10. The minimum absolute atomic E-state index is 0.0755. The largest absolute Gasteiger partial charge is 0.469 e. The first-order chi connectivity index (χ1) is 7.19. The highest BCUT2D eigenvalue weighted by atomic mass is 16.5. The third-order valence-corrected chi connectivity index (χ3v) is 3.42. The lowest BCUT2D eigenvalue weighted by atomic mass is 9.79. The quantitative estimate of drug-likeness (QED) is 0.638. The minimum atomic E-state index is -0.374. The Balaban J connectivity index is 2.19. The maximum atomic E-state index is 11.6. The van der Waals surface area contributed by atoms with Gasteiger partial charge in [-0.25, -0.2) is 0 Å². The zero-order chi connectivity index (χ0) is 11.0. The van der Waals surface area contributed by atoms with E-state index in [1.54, 1.807) is 0 Å². The number of ether oxygens (including phenoxy) is 2. The van der Waals surface area contributed by atoms with Gasteiger partial charge < -0.3 is 14.8 Å². The zero-order valence-corrected chi connectivity index (χ0v) is 8.86. The van der Waals surface area contributed by atoms with E-state index < -0.39 is 0 Å². The molecule has 0 spiro atoms. The number of methoxy groups -OCH3 is 2. The van der Waals surface area contributed by atoms with E-state index in [2.05, 4.69) is 5.32 Å². The van der Waals surface area contributed by atoms with Crippen LogP contribution >= 0.6 is 0 Å². The Morgan fingerprint density at radius 1 is 1.00 bits per heavy atom. The lowest BCUT2D eigenvalue weighted by Gasteiger charge is -2.24. The standard InChI is InChI=1S/C10H15NO4/c1-14-9(12)7-5-3-4-6(11-5)8(7)10(13)15-2/h5-8,11H,3-4H2,1-2H3/t5-,6+,7-,8-/m0/s1. The molecule has 2 fully saturated rings. The van der Waals surface area contributed by atoms with Crippen molar-refractivity contribution < 1.29 is 19.1 Å². The van der Waals surface area contributed by atoms with Crippen molar-refractivity contribution in [3.8, 4) is 0 Å². The first-order valence-electron chi connectivity index (χ1n) is 5.10. The molecule has 1 N–H and O–H groups in total. The number of esters is 2. The fourth-order valence-electron chi connectivity index (χ4n) is 2.76. The van der Waals surface area contributed by atoms with Crippen molar-refractivity contribution in [2.24, 2.45) is 11.8 Å². The van der Waals surface area contributed by atoms with Crippen molar-refractivity contribution in [1.82, 2.24) is 5.32 Å².